The predicted octanol–water partition coefficient (Wildman–Crippen LogP) is 3.63. The highest BCUT2D eigenvalue weighted by Gasteiger charge is 2.18. The van der Waals surface area contributed by atoms with E-state index in [1.807, 2.05) is 12.1 Å². The van der Waals surface area contributed by atoms with Crippen LogP contribution in [0.3, 0.4) is 0 Å². The molecule has 1 aromatic heterocycles. The maximum Gasteiger partial charge on any atom is 0.343 e. The van der Waals surface area contributed by atoms with E-state index in [0.717, 1.165) is 50.5 Å². The van der Waals surface area contributed by atoms with Crippen LogP contribution < -0.4 is 10.2 Å². The topological polar surface area (TPSA) is 130 Å². The van der Waals surface area contributed by atoms with Crippen LogP contribution in [-0.2, 0) is 11.3 Å². The molecule has 3 aromatic carbocycles. The Bertz CT molecular complexity index is 1470. The number of esters is 1. The summed E-state index contributed by atoms with van der Waals surface area (Å²) in [5.41, 5.74) is 1.36. The number of morpholine rings is 1. The molecule has 0 atom stereocenters. The molecular weight excluding hydrogens is 466 g/mol. The van der Waals surface area contributed by atoms with E-state index in [4.69, 9.17) is 13.9 Å². The molecule has 0 amide bonds. The summed E-state index contributed by atoms with van der Waals surface area (Å²) >= 11 is 0. The van der Waals surface area contributed by atoms with E-state index < -0.39 is 28.6 Å². The van der Waals surface area contributed by atoms with Gasteiger partial charge in [0.2, 0.25) is 5.75 Å². The van der Waals surface area contributed by atoms with E-state index in [1.165, 1.54) is 0 Å². The minimum atomic E-state index is -0.791. The Balaban J connectivity index is 1.29. The van der Waals surface area contributed by atoms with Gasteiger partial charge < -0.3 is 29.2 Å². The second kappa shape index (κ2) is 9.73. The lowest BCUT2D eigenvalue weighted by Crippen LogP contribution is -2.35. The number of rotatable bonds is 5. The van der Waals surface area contributed by atoms with E-state index >= 15 is 0 Å². The zero-order valence-electron chi connectivity index (χ0n) is 19.1. The van der Waals surface area contributed by atoms with Crippen LogP contribution in [0.15, 0.2) is 69.9 Å². The summed E-state index contributed by atoms with van der Waals surface area (Å²) in [7, 11) is 0. The third-order valence-electron chi connectivity index (χ3n) is 6.00. The molecule has 0 unspecified atom stereocenters. The third kappa shape index (κ3) is 4.74. The summed E-state index contributed by atoms with van der Waals surface area (Å²) in [6.45, 7) is 4.03. The van der Waals surface area contributed by atoms with Crippen LogP contribution in [-0.4, -0.2) is 52.5 Å². The molecule has 0 saturated carbocycles. The number of ether oxygens (including phenoxy) is 2. The van der Waals surface area contributed by atoms with Gasteiger partial charge in [-0.25, -0.2) is 4.79 Å². The first-order valence-electron chi connectivity index (χ1n) is 11.3. The minimum absolute atomic E-state index is 0.0853. The molecule has 0 aliphatic carbocycles. The van der Waals surface area contributed by atoms with Gasteiger partial charge in [-0.3, -0.25) is 9.69 Å². The summed E-state index contributed by atoms with van der Waals surface area (Å²) in [6.07, 6.45) is 0. The summed E-state index contributed by atoms with van der Waals surface area (Å²) in [5.74, 6) is -2.17. The van der Waals surface area contributed by atoms with Crippen molar-refractivity contribution in [1.29, 1.82) is 0 Å². The van der Waals surface area contributed by atoms with Gasteiger partial charge in [-0.15, -0.1) is 0 Å². The Hall–Kier alpha value is -4.34. The minimum Gasteiger partial charge on any atom is -0.504 e. The van der Waals surface area contributed by atoms with E-state index in [-0.39, 0.29) is 16.7 Å². The largest absolute Gasteiger partial charge is 0.504 e. The Labute approximate surface area is 205 Å². The molecule has 184 valence electrons. The van der Waals surface area contributed by atoms with Gasteiger partial charge in [0.25, 0.3) is 0 Å². The van der Waals surface area contributed by atoms with Crippen molar-refractivity contribution in [3.63, 3.8) is 0 Å². The molecule has 1 aliphatic rings. The van der Waals surface area contributed by atoms with Crippen LogP contribution >= 0.6 is 0 Å². The monoisotopic (exact) mass is 489 g/mol. The van der Waals surface area contributed by atoms with Crippen LogP contribution in [0.25, 0.3) is 22.3 Å². The van der Waals surface area contributed by atoms with Crippen molar-refractivity contribution in [3.8, 4) is 34.3 Å². The molecule has 0 bridgehead atoms. The molecule has 5 rings (SSSR count). The van der Waals surface area contributed by atoms with Gasteiger partial charge in [-0.05, 0) is 42.0 Å². The molecule has 1 fully saturated rings. The summed E-state index contributed by atoms with van der Waals surface area (Å²) < 4.78 is 16.5. The van der Waals surface area contributed by atoms with Crippen LogP contribution in [0.2, 0.25) is 0 Å². The van der Waals surface area contributed by atoms with E-state index in [0.29, 0.717) is 16.9 Å². The number of benzene rings is 3. The third-order valence-corrected chi connectivity index (χ3v) is 6.00. The fourth-order valence-electron chi connectivity index (χ4n) is 4.04. The first kappa shape index (κ1) is 23.4. The summed E-state index contributed by atoms with van der Waals surface area (Å²) in [4.78, 5) is 27.3. The van der Waals surface area contributed by atoms with E-state index in [1.54, 1.807) is 36.4 Å². The highest BCUT2D eigenvalue weighted by Crippen LogP contribution is 2.40. The SMILES string of the molecule is O=C(Oc1ccc(-c2cc(=O)c3c(O)c(O)c(O)cc3o2)cc1)c1ccc(CN2CCOCC2)cc1. The summed E-state index contributed by atoms with van der Waals surface area (Å²) in [6, 6.07) is 15.9. The van der Waals surface area contributed by atoms with Crippen LogP contribution in [0.5, 0.6) is 23.0 Å². The molecule has 9 heteroatoms. The number of hydrogen-bond donors (Lipinski definition) is 3. The number of hydrogen-bond acceptors (Lipinski definition) is 9. The van der Waals surface area contributed by atoms with Gasteiger partial charge >= 0.3 is 5.97 Å². The Morgan fingerprint density at radius 2 is 1.61 bits per heavy atom. The average Bonchev–Trinajstić information content (AvgIpc) is 2.88. The number of nitrogens with zero attached hydrogens (tertiary/aromatic N) is 1. The maximum absolute atomic E-state index is 12.6. The number of fused-ring (bicyclic) bond motifs is 1. The molecular formula is C27H23NO8. The van der Waals surface area contributed by atoms with Crippen molar-refractivity contribution < 1.29 is 34.0 Å². The van der Waals surface area contributed by atoms with Crippen molar-refractivity contribution in [1.82, 2.24) is 4.90 Å². The Morgan fingerprint density at radius 3 is 2.31 bits per heavy atom. The molecule has 3 N–H and O–H groups in total. The van der Waals surface area contributed by atoms with Gasteiger partial charge in [0.05, 0.1) is 18.8 Å². The lowest BCUT2D eigenvalue weighted by atomic mass is 10.1. The standard InChI is InChI=1S/C27H23NO8/c29-20-13-22(36-23-14-21(30)25(31)26(32)24(20)23)17-5-7-19(8-6-17)35-27(33)18-3-1-16(2-4-18)15-28-9-11-34-12-10-28/h1-8,13-14,30-32H,9-12,15H2. The quantitative estimate of drug-likeness (QED) is 0.219. The molecule has 1 aliphatic heterocycles. The van der Waals surface area contributed by atoms with Crippen molar-refractivity contribution in [2.45, 2.75) is 6.54 Å². The second-order valence-corrected chi connectivity index (χ2v) is 8.44. The lowest BCUT2D eigenvalue weighted by Gasteiger charge is -2.26. The van der Waals surface area contributed by atoms with Gasteiger partial charge in [-0.1, -0.05) is 12.1 Å². The first-order chi connectivity index (χ1) is 17.4. The van der Waals surface area contributed by atoms with E-state index in [9.17, 15) is 24.9 Å². The van der Waals surface area contributed by atoms with Crippen molar-refractivity contribution in [2.24, 2.45) is 0 Å². The molecule has 2 heterocycles. The van der Waals surface area contributed by atoms with Gasteiger partial charge in [-0.2, -0.15) is 0 Å². The fraction of sp³-hybridized carbons (Fsp3) is 0.185. The predicted molar refractivity (Wildman–Crippen MR) is 130 cm³/mol. The highest BCUT2D eigenvalue weighted by atomic mass is 16.5. The lowest BCUT2D eigenvalue weighted by molar-refractivity contribution is 0.0342. The van der Waals surface area contributed by atoms with Crippen molar-refractivity contribution >= 4 is 16.9 Å². The Kier molecular flexibility index (Phi) is 6.32. The fourth-order valence-corrected chi connectivity index (χ4v) is 4.04. The maximum atomic E-state index is 12.6. The molecule has 36 heavy (non-hydrogen) atoms. The van der Waals surface area contributed by atoms with Crippen LogP contribution in [0.1, 0.15) is 15.9 Å². The number of carbonyl (C=O) groups excluding carboxylic acids is 1. The van der Waals surface area contributed by atoms with Gasteiger partial charge in [0, 0.05) is 37.3 Å². The number of phenols is 3. The van der Waals surface area contributed by atoms with Crippen LogP contribution in [0.4, 0.5) is 0 Å². The second-order valence-electron chi connectivity index (χ2n) is 8.44. The molecule has 0 spiro atoms. The normalized spacial score (nSPS) is 14.1. The Morgan fingerprint density at radius 1 is 0.917 bits per heavy atom. The molecule has 0 radical (unpaired) electrons. The number of aromatic hydroxyl groups is 3. The first-order valence-corrected chi connectivity index (χ1v) is 11.3. The van der Waals surface area contributed by atoms with Gasteiger partial charge in [0.15, 0.2) is 16.9 Å². The molecule has 4 aromatic rings. The molecule has 9 nitrogen and oxygen atoms in total. The summed E-state index contributed by atoms with van der Waals surface area (Å²) in [5, 5.41) is 29.1. The van der Waals surface area contributed by atoms with Crippen molar-refractivity contribution in [3.05, 3.63) is 82.0 Å². The highest BCUT2D eigenvalue weighted by molar-refractivity contribution is 5.91. The van der Waals surface area contributed by atoms with Crippen LogP contribution in [0, 0.1) is 0 Å². The number of carbonyl (C=O) groups is 1. The average molecular weight is 489 g/mol. The smallest absolute Gasteiger partial charge is 0.343 e. The van der Waals surface area contributed by atoms with E-state index in [2.05, 4.69) is 4.90 Å². The van der Waals surface area contributed by atoms with Gasteiger partial charge in [0.1, 0.15) is 22.5 Å². The van der Waals surface area contributed by atoms with Crippen molar-refractivity contribution in [2.75, 3.05) is 26.3 Å². The zero-order chi connectivity index (χ0) is 25.2. The molecule has 1 saturated heterocycles. The zero-order valence-corrected chi connectivity index (χ0v) is 19.1. The number of phenolic OH excluding ortho intramolecular Hbond substituents is 3.